The number of likely N-dealkylation sites (tertiary alicyclic amines) is 1. The van der Waals surface area contributed by atoms with E-state index in [-0.39, 0.29) is 11.9 Å². The molecule has 2 aliphatic rings. The van der Waals surface area contributed by atoms with Gasteiger partial charge in [0.2, 0.25) is 5.91 Å². The molecule has 2 fully saturated rings. The molecule has 3 rings (SSSR count). The SMILES string of the molecule is Cc1ccc(N2CCN(C(=O)C3CCCN3C)CC2)nc1C#N. The molecule has 1 atom stereocenters. The lowest BCUT2D eigenvalue weighted by Crippen LogP contribution is -2.53. The predicted octanol–water partition coefficient (Wildman–Crippen LogP) is 1.00. The number of pyridine rings is 1. The molecule has 23 heavy (non-hydrogen) atoms. The van der Waals surface area contributed by atoms with E-state index in [0.717, 1.165) is 56.9 Å². The van der Waals surface area contributed by atoms with Gasteiger partial charge in [0.1, 0.15) is 17.6 Å². The molecule has 1 amide bonds. The molecule has 6 nitrogen and oxygen atoms in total. The van der Waals surface area contributed by atoms with Gasteiger partial charge < -0.3 is 9.80 Å². The van der Waals surface area contributed by atoms with Crippen LogP contribution >= 0.6 is 0 Å². The highest BCUT2D eigenvalue weighted by Crippen LogP contribution is 2.20. The second kappa shape index (κ2) is 6.55. The Morgan fingerprint density at radius 3 is 2.61 bits per heavy atom. The van der Waals surface area contributed by atoms with E-state index >= 15 is 0 Å². The first-order valence-corrected chi connectivity index (χ1v) is 8.22. The summed E-state index contributed by atoms with van der Waals surface area (Å²) in [5.74, 6) is 1.09. The summed E-state index contributed by atoms with van der Waals surface area (Å²) in [6.07, 6.45) is 2.08. The fourth-order valence-corrected chi connectivity index (χ4v) is 3.40. The number of amides is 1. The van der Waals surface area contributed by atoms with Crippen LogP contribution in [0.3, 0.4) is 0 Å². The van der Waals surface area contributed by atoms with Crippen molar-refractivity contribution in [1.29, 1.82) is 5.26 Å². The Hall–Kier alpha value is -2.13. The minimum absolute atomic E-state index is 0.0595. The van der Waals surface area contributed by atoms with Crippen molar-refractivity contribution in [2.24, 2.45) is 0 Å². The van der Waals surface area contributed by atoms with E-state index in [1.54, 1.807) is 0 Å². The van der Waals surface area contributed by atoms with Gasteiger partial charge in [0.15, 0.2) is 0 Å². The fraction of sp³-hybridized carbons (Fsp3) is 0.588. The molecule has 0 spiro atoms. The van der Waals surface area contributed by atoms with Crippen LogP contribution < -0.4 is 4.90 Å². The molecule has 0 saturated carbocycles. The molecule has 6 heteroatoms. The van der Waals surface area contributed by atoms with Crippen LogP contribution in [-0.2, 0) is 4.79 Å². The topological polar surface area (TPSA) is 63.5 Å². The van der Waals surface area contributed by atoms with Gasteiger partial charge in [0, 0.05) is 26.2 Å². The highest BCUT2D eigenvalue weighted by molar-refractivity contribution is 5.82. The zero-order valence-corrected chi connectivity index (χ0v) is 13.8. The molecule has 1 unspecified atom stereocenters. The van der Waals surface area contributed by atoms with Crippen molar-refractivity contribution in [2.45, 2.75) is 25.8 Å². The zero-order chi connectivity index (χ0) is 16.4. The molecule has 2 saturated heterocycles. The summed E-state index contributed by atoms with van der Waals surface area (Å²) in [6, 6.07) is 6.09. The fourth-order valence-electron chi connectivity index (χ4n) is 3.40. The summed E-state index contributed by atoms with van der Waals surface area (Å²) < 4.78 is 0. The Bertz CT molecular complexity index is 630. The molecule has 1 aromatic rings. The van der Waals surface area contributed by atoms with Gasteiger partial charge in [-0.1, -0.05) is 6.07 Å². The number of piperazine rings is 1. The summed E-state index contributed by atoms with van der Waals surface area (Å²) in [4.78, 5) is 23.3. The highest BCUT2D eigenvalue weighted by Gasteiger charge is 2.32. The molecule has 0 aliphatic carbocycles. The van der Waals surface area contributed by atoms with Crippen LogP contribution in [0.15, 0.2) is 12.1 Å². The number of rotatable bonds is 2. The van der Waals surface area contributed by atoms with Gasteiger partial charge in [-0.15, -0.1) is 0 Å². The van der Waals surface area contributed by atoms with Crippen LogP contribution in [0.2, 0.25) is 0 Å². The summed E-state index contributed by atoms with van der Waals surface area (Å²) in [6.45, 7) is 5.89. The van der Waals surface area contributed by atoms with Gasteiger partial charge in [-0.25, -0.2) is 4.98 Å². The summed E-state index contributed by atoms with van der Waals surface area (Å²) in [7, 11) is 2.03. The standard InChI is InChI=1S/C17H23N5O/c1-13-5-6-16(19-14(13)12-18)21-8-10-22(11-9-21)17(23)15-4-3-7-20(15)2/h5-6,15H,3-4,7-11H2,1-2H3. The molecule has 2 aliphatic heterocycles. The van der Waals surface area contributed by atoms with Crippen molar-refractivity contribution in [2.75, 3.05) is 44.7 Å². The molecular formula is C17H23N5O. The number of anilines is 1. The van der Waals surface area contributed by atoms with Crippen LogP contribution in [0, 0.1) is 18.3 Å². The lowest BCUT2D eigenvalue weighted by molar-refractivity contribution is -0.135. The van der Waals surface area contributed by atoms with Crippen LogP contribution in [0.1, 0.15) is 24.1 Å². The van der Waals surface area contributed by atoms with Crippen molar-refractivity contribution < 1.29 is 4.79 Å². The van der Waals surface area contributed by atoms with Crippen LogP contribution in [-0.4, -0.2) is 66.5 Å². The molecule has 0 N–H and O–H groups in total. The smallest absolute Gasteiger partial charge is 0.240 e. The van der Waals surface area contributed by atoms with Gasteiger partial charge in [-0.2, -0.15) is 5.26 Å². The predicted molar refractivity (Wildman–Crippen MR) is 88.1 cm³/mol. The summed E-state index contributed by atoms with van der Waals surface area (Å²) in [5, 5.41) is 9.11. The van der Waals surface area contributed by atoms with Crippen LogP contribution in [0.4, 0.5) is 5.82 Å². The summed E-state index contributed by atoms with van der Waals surface area (Å²) >= 11 is 0. The Balaban J connectivity index is 1.62. The molecule has 3 heterocycles. The molecule has 1 aromatic heterocycles. The highest BCUT2D eigenvalue weighted by atomic mass is 16.2. The minimum atomic E-state index is 0.0595. The number of nitriles is 1. The zero-order valence-electron chi connectivity index (χ0n) is 13.8. The number of carbonyl (C=O) groups is 1. The van der Waals surface area contributed by atoms with E-state index in [9.17, 15) is 4.79 Å². The number of aromatic nitrogens is 1. The average molecular weight is 313 g/mol. The quantitative estimate of drug-likeness (QED) is 0.815. The van der Waals surface area contributed by atoms with Crippen molar-refractivity contribution >= 4 is 11.7 Å². The number of likely N-dealkylation sites (N-methyl/N-ethyl adjacent to an activating group) is 1. The van der Waals surface area contributed by atoms with Crippen LogP contribution in [0.5, 0.6) is 0 Å². The van der Waals surface area contributed by atoms with E-state index in [1.165, 1.54) is 0 Å². The van der Waals surface area contributed by atoms with E-state index in [4.69, 9.17) is 5.26 Å². The van der Waals surface area contributed by atoms with Crippen molar-refractivity contribution in [1.82, 2.24) is 14.8 Å². The first-order chi connectivity index (χ1) is 11.1. The molecule has 122 valence electrons. The number of nitrogens with zero attached hydrogens (tertiary/aromatic N) is 5. The second-order valence-corrected chi connectivity index (χ2v) is 6.40. The lowest BCUT2D eigenvalue weighted by Gasteiger charge is -2.37. The first-order valence-electron chi connectivity index (χ1n) is 8.22. The number of hydrogen-bond acceptors (Lipinski definition) is 5. The normalized spacial score (nSPS) is 22.2. The molecule has 0 aromatic carbocycles. The lowest BCUT2D eigenvalue weighted by atomic mass is 10.1. The molecule has 0 radical (unpaired) electrons. The van der Waals surface area contributed by atoms with Crippen molar-refractivity contribution in [3.05, 3.63) is 23.4 Å². The second-order valence-electron chi connectivity index (χ2n) is 6.40. The molecular weight excluding hydrogens is 290 g/mol. The molecule has 0 bridgehead atoms. The van der Waals surface area contributed by atoms with Crippen molar-refractivity contribution in [3.8, 4) is 6.07 Å². The van der Waals surface area contributed by atoms with Crippen LogP contribution in [0.25, 0.3) is 0 Å². The number of hydrogen-bond donors (Lipinski definition) is 0. The monoisotopic (exact) mass is 313 g/mol. The Labute approximate surface area is 137 Å². The Morgan fingerprint density at radius 1 is 1.26 bits per heavy atom. The third-order valence-electron chi connectivity index (χ3n) is 4.91. The van der Waals surface area contributed by atoms with E-state index < -0.39 is 0 Å². The first kappa shape index (κ1) is 15.8. The van der Waals surface area contributed by atoms with Gasteiger partial charge in [-0.3, -0.25) is 9.69 Å². The average Bonchev–Trinajstić information content (AvgIpc) is 3.01. The number of carbonyl (C=O) groups excluding carboxylic acids is 1. The van der Waals surface area contributed by atoms with E-state index in [2.05, 4.69) is 20.9 Å². The van der Waals surface area contributed by atoms with Crippen molar-refractivity contribution in [3.63, 3.8) is 0 Å². The van der Waals surface area contributed by atoms with Gasteiger partial charge in [0.25, 0.3) is 0 Å². The minimum Gasteiger partial charge on any atom is -0.353 e. The van der Waals surface area contributed by atoms with Gasteiger partial charge >= 0.3 is 0 Å². The Kier molecular flexibility index (Phi) is 4.49. The Morgan fingerprint density at radius 2 is 2.00 bits per heavy atom. The van der Waals surface area contributed by atoms with E-state index in [0.29, 0.717) is 5.69 Å². The summed E-state index contributed by atoms with van der Waals surface area (Å²) in [5.41, 5.74) is 1.38. The maximum absolute atomic E-state index is 12.6. The van der Waals surface area contributed by atoms with Gasteiger partial charge in [0.05, 0.1) is 6.04 Å². The maximum atomic E-state index is 12.6. The van der Waals surface area contributed by atoms with Gasteiger partial charge in [-0.05, 0) is 45.0 Å². The van der Waals surface area contributed by atoms with E-state index in [1.807, 2.05) is 31.0 Å². The third-order valence-corrected chi connectivity index (χ3v) is 4.91. The maximum Gasteiger partial charge on any atom is 0.240 e. The number of aryl methyl sites for hydroxylation is 1. The third kappa shape index (κ3) is 3.15. The largest absolute Gasteiger partial charge is 0.353 e.